The first kappa shape index (κ1) is 27.5. The Kier molecular flexibility index (Phi) is 8.89. The summed E-state index contributed by atoms with van der Waals surface area (Å²) >= 11 is 0. The van der Waals surface area contributed by atoms with E-state index in [1.165, 1.54) is 12.5 Å². The van der Waals surface area contributed by atoms with Gasteiger partial charge < -0.3 is 14.4 Å². The third-order valence-corrected chi connectivity index (χ3v) is 10.6. The molecule has 7 rings (SSSR count). The van der Waals surface area contributed by atoms with Gasteiger partial charge in [0.2, 0.25) is 5.71 Å². The quantitative estimate of drug-likeness (QED) is 0.124. The largest absolute Gasteiger partial charge is 0.486 e. The number of aromatic nitrogens is 3. The zero-order chi connectivity index (χ0) is 37.5. The second-order valence-electron chi connectivity index (χ2n) is 13.3. The summed E-state index contributed by atoms with van der Waals surface area (Å²) in [5.41, 5.74) is 5.60. The first-order valence-electron chi connectivity index (χ1n) is 19.1. The summed E-state index contributed by atoms with van der Waals surface area (Å²) < 4.78 is 54.8. The van der Waals surface area contributed by atoms with Crippen LogP contribution < -0.4 is 5.19 Å². The zero-order valence-electron chi connectivity index (χ0n) is 33.7. The van der Waals surface area contributed by atoms with Gasteiger partial charge in [-0.2, -0.15) is 0 Å². The molecule has 0 atom stereocenters. The van der Waals surface area contributed by atoms with E-state index in [4.69, 9.17) is 12.6 Å². The Balaban J connectivity index is 0.000000201. The molecule has 47 heavy (non-hydrogen) atoms. The van der Waals surface area contributed by atoms with Crippen molar-refractivity contribution in [2.45, 2.75) is 84.7 Å². The first-order chi connectivity index (χ1) is 24.4. The number of benzene rings is 2. The number of rotatable bonds is 6. The van der Waals surface area contributed by atoms with Crippen LogP contribution in [0.2, 0.25) is 19.6 Å². The van der Waals surface area contributed by atoms with Gasteiger partial charge in [0.15, 0.2) is 0 Å². The van der Waals surface area contributed by atoms with Crippen LogP contribution >= 0.6 is 0 Å². The molecule has 6 aromatic rings. The van der Waals surface area contributed by atoms with Gasteiger partial charge in [-0.15, -0.1) is 54.1 Å². The summed E-state index contributed by atoms with van der Waals surface area (Å²) in [5, 5.41) is 2.72. The summed E-state index contributed by atoms with van der Waals surface area (Å²) in [6.45, 7) is 8.17. The predicted octanol–water partition coefficient (Wildman–Crippen LogP) is 10.5. The molecule has 1 aliphatic rings. The van der Waals surface area contributed by atoms with Crippen LogP contribution in [-0.2, 0) is 26.5 Å². The Morgan fingerprint density at radius 1 is 0.957 bits per heavy atom. The normalized spacial score (nSPS) is 16.4. The van der Waals surface area contributed by atoms with Crippen molar-refractivity contribution >= 4 is 35.3 Å². The number of furan rings is 1. The first-order valence-corrected chi connectivity index (χ1v) is 19.6. The number of fused-ring (bicyclic) bond motifs is 3. The van der Waals surface area contributed by atoms with E-state index in [-0.39, 0.29) is 37.4 Å². The average molecular weight is 822 g/mol. The average Bonchev–Trinajstić information content (AvgIpc) is 3.50. The number of hydrogen-bond acceptors (Lipinski definition) is 4. The number of hydrogen-bond donors (Lipinski definition) is 0. The molecule has 1 aliphatic carbocycles. The second kappa shape index (κ2) is 15.2. The van der Waals surface area contributed by atoms with Crippen molar-refractivity contribution in [3.05, 3.63) is 108 Å². The van der Waals surface area contributed by atoms with Crippen LogP contribution in [0.3, 0.4) is 0 Å². The molecule has 1 fully saturated rings. The van der Waals surface area contributed by atoms with Crippen molar-refractivity contribution in [3.63, 3.8) is 0 Å². The fourth-order valence-corrected chi connectivity index (χ4v) is 7.43. The van der Waals surface area contributed by atoms with E-state index in [0.29, 0.717) is 16.8 Å². The van der Waals surface area contributed by atoms with Crippen molar-refractivity contribution < 1.29 is 32.7 Å². The molecule has 4 heterocycles. The van der Waals surface area contributed by atoms with Crippen molar-refractivity contribution in [1.82, 2.24) is 15.0 Å². The van der Waals surface area contributed by atoms with E-state index in [1.807, 2.05) is 68.6 Å². The maximum absolute atomic E-state index is 8.99. The minimum atomic E-state index is -2.29. The maximum atomic E-state index is 8.99. The van der Waals surface area contributed by atoms with E-state index in [1.54, 1.807) is 18.3 Å². The molecular weight excluding hydrogens is 771 g/mol. The third-order valence-electron chi connectivity index (χ3n) is 8.55. The predicted molar refractivity (Wildman–Crippen MR) is 194 cm³/mol. The maximum Gasteiger partial charge on any atom is 0.216 e. The van der Waals surface area contributed by atoms with Gasteiger partial charge >= 0.3 is 0 Å². The molecule has 245 valence electrons. The van der Waals surface area contributed by atoms with E-state index >= 15 is 0 Å². The molecular formula is C41H45IrN3OSi-2. The van der Waals surface area contributed by atoms with E-state index in [0.717, 1.165) is 64.0 Å². The van der Waals surface area contributed by atoms with Gasteiger partial charge in [0.25, 0.3) is 0 Å². The molecule has 0 aliphatic heterocycles. The summed E-state index contributed by atoms with van der Waals surface area (Å²) in [4.78, 5) is 13.3. The van der Waals surface area contributed by atoms with Gasteiger partial charge in [-0.3, -0.25) is 0 Å². The van der Waals surface area contributed by atoms with E-state index < -0.39 is 27.2 Å². The molecule has 0 bridgehead atoms. The third kappa shape index (κ3) is 8.17. The van der Waals surface area contributed by atoms with Crippen LogP contribution in [0.1, 0.15) is 76.9 Å². The molecule has 1 saturated carbocycles. The van der Waals surface area contributed by atoms with Gasteiger partial charge in [-0.25, -0.2) is 4.98 Å². The summed E-state index contributed by atoms with van der Waals surface area (Å²) in [6, 6.07) is 26.7. The fraction of sp³-hybridized carbons (Fsp3) is 0.341. The van der Waals surface area contributed by atoms with Crippen molar-refractivity contribution in [2.75, 3.05) is 0 Å². The van der Waals surface area contributed by atoms with Crippen LogP contribution in [0.15, 0.2) is 83.5 Å². The van der Waals surface area contributed by atoms with Crippen LogP contribution in [0.25, 0.3) is 44.6 Å². The number of pyridine rings is 3. The van der Waals surface area contributed by atoms with E-state index in [9.17, 15) is 0 Å². The number of aryl methyl sites for hydroxylation is 1. The van der Waals surface area contributed by atoms with Crippen LogP contribution in [-0.4, -0.2) is 23.0 Å². The molecule has 0 saturated heterocycles. The number of nitrogens with zero attached hydrogens (tertiary/aromatic N) is 3. The SMILES string of the molecule is [2H]C([2H])([2H])c1ccc2c(n1)oc1c(-c3cc(C([2H])(C)C)ccn3)[c-]ccc12.[2H]C([2H])(c1cc(-c2[c-]cccc2)ncc1[Si](C)(C)C)C1CCCCC1.[Ir]. The Labute approximate surface area is 303 Å². The minimum Gasteiger partial charge on any atom is -0.486 e. The molecule has 6 heteroatoms. The Morgan fingerprint density at radius 2 is 1.79 bits per heavy atom. The Hall–Kier alpha value is -3.44. The van der Waals surface area contributed by atoms with Gasteiger partial charge in [-0.05, 0) is 59.8 Å². The second-order valence-corrected chi connectivity index (χ2v) is 18.3. The van der Waals surface area contributed by atoms with Crippen LogP contribution in [0.4, 0.5) is 0 Å². The summed E-state index contributed by atoms with van der Waals surface area (Å²) in [6.07, 6.45) is 7.85. The Morgan fingerprint density at radius 3 is 2.51 bits per heavy atom. The topological polar surface area (TPSA) is 51.8 Å². The monoisotopic (exact) mass is 822 g/mol. The summed E-state index contributed by atoms with van der Waals surface area (Å²) in [7, 11) is -1.69. The van der Waals surface area contributed by atoms with Crippen LogP contribution in [0, 0.1) is 24.9 Å². The molecule has 1 radical (unpaired) electrons. The van der Waals surface area contributed by atoms with Gasteiger partial charge in [-0.1, -0.05) is 99.8 Å². The molecule has 2 aromatic carbocycles. The van der Waals surface area contributed by atoms with Gasteiger partial charge in [0.1, 0.15) is 0 Å². The Bertz CT molecular complexity index is 2190. The minimum absolute atomic E-state index is 0. The van der Waals surface area contributed by atoms with Gasteiger partial charge in [0.05, 0.1) is 13.7 Å². The van der Waals surface area contributed by atoms with Gasteiger partial charge in [0, 0.05) is 51.8 Å². The molecule has 0 spiro atoms. The van der Waals surface area contributed by atoms with Crippen LogP contribution in [0.5, 0.6) is 0 Å². The molecule has 4 nitrogen and oxygen atoms in total. The molecule has 0 N–H and O–H groups in total. The van der Waals surface area contributed by atoms with Crippen molar-refractivity contribution in [1.29, 1.82) is 0 Å². The smallest absolute Gasteiger partial charge is 0.216 e. The molecule has 0 unspecified atom stereocenters. The fourth-order valence-electron chi connectivity index (χ4n) is 6.03. The zero-order valence-corrected chi connectivity index (χ0v) is 31.1. The molecule has 0 amide bonds. The standard InChI is InChI=1S/C21H28NSi.C20H17N2O.Ir/c1-23(2,3)21-16-22-20(18-12-8-5-9-13-18)15-19(21)14-17-10-6-4-7-11-17;1-12(2)14-9-10-21-18(11-14)17-6-4-5-15-16-8-7-13(3)22-20(16)23-19(15)17;/h5,8-9,12,15-17H,4,6-7,10-11,14H2,1-3H3;4-5,7-12H,1-3H3;/q2*-1;/i14D2;3D3,12D;. The van der Waals surface area contributed by atoms with Crippen molar-refractivity contribution in [2.24, 2.45) is 5.92 Å². The van der Waals surface area contributed by atoms with E-state index in [2.05, 4.69) is 46.7 Å². The summed E-state index contributed by atoms with van der Waals surface area (Å²) in [5.74, 6) is -0.637. The van der Waals surface area contributed by atoms with Crippen molar-refractivity contribution in [3.8, 4) is 22.5 Å². The molecule has 4 aromatic heterocycles.